The maximum atomic E-state index is 13.2. The van der Waals surface area contributed by atoms with Crippen LogP contribution in [0, 0.1) is 21.4 Å². The van der Waals surface area contributed by atoms with Crippen molar-refractivity contribution in [2.75, 3.05) is 18.0 Å². The van der Waals surface area contributed by atoms with Crippen LogP contribution in [0.4, 0.5) is 16.2 Å². The third-order valence-corrected chi connectivity index (χ3v) is 7.87. The van der Waals surface area contributed by atoms with E-state index < -0.39 is 22.4 Å². The molecule has 1 saturated heterocycles. The molecule has 32 heavy (non-hydrogen) atoms. The van der Waals surface area contributed by atoms with E-state index in [-0.39, 0.29) is 23.6 Å². The first-order valence-corrected chi connectivity index (χ1v) is 11.3. The number of amides is 4. The van der Waals surface area contributed by atoms with Crippen LogP contribution < -0.4 is 10.2 Å². The number of hydrogen-bond acceptors (Lipinski definition) is 5. The van der Waals surface area contributed by atoms with E-state index in [0.29, 0.717) is 37.4 Å². The highest BCUT2D eigenvalue weighted by Crippen LogP contribution is 2.45. The molecular formula is C23H30N4O5. The molecule has 0 atom stereocenters. The van der Waals surface area contributed by atoms with Crippen molar-refractivity contribution < 1.29 is 19.3 Å². The Morgan fingerprint density at radius 2 is 1.97 bits per heavy atom. The van der Waals surface area contributed by atoms with Crippen molar-refractivity contribution in [1.82, 2.24) is 10.2 Å². The zero-order valence-electron chi connectivity index (χ0n) is 18.8. The number of nitro groups is 1. The van der Waals surface area contributed by atoms with Crippen molar-refractivity contribution in [2.45, 2.75) is 64.8 Å². The van der Waals surface area contributed by atoms with Crippen LogP contribution in [0.2, 0.25) is 0 Å². The summed E-state index contributed by atoms with van der Waals surface area (Å²) in [5.41, 5.74) is 0.501. The van der Waals surface area contributed by atoms with E-state index in [1.54, 1.807) is 6.07 Å². The summed E-state index contributed by atoms with van der Waals surface area (Å²) in [7, 11) is 0. The van der Waals surface area contributed by atoms with Gasteiger partial charge in [-0.1, -0.05) is 33.3 Å². The fourth-order valence-corrected chi connectivity index (χ4v) is 5.30. The molecule has 4 amide bonds. The standard InChI is InChI=1S/C23H30N4O5/c1-4-22(2,3)16-7-10-23(11-8-16)20(29)26(21(30)24-23)14-19(28)25-12-9-15-5-6-17(27(31)32)13-18(15)25/h5-6,13,16H,4,7-12,14H2,1-3H3,(H,24,30). The molecule has 4 rings (SSSR count). The van der Waals surface area contributed by atoms with E-state index in [1.165, 1.54) is 17.0 Å². The fourth-order valence-electron chi connectivity index (χ4n) is 5.30. The van der Waals surface area contributed by atoms with Crippen LogP contribution in [0.5, 0.6) is 0 Å². The summed E-state index contributed by atoms with van der Waals surface area (Å²) >= 11 is 0. The Morgan fingerprint density at radius 3 is 2.59 bits per heavy atom. The minimum absolute atomic E-state index is 0.0934. The molecule has 1 aromatic carbocycles. The summed E-state index contributed by atoms with van der Waals surface area (Å²) in [6.07, 6.45) is 4.51. The fraction of sp³-hybridized carbons (Fsp3) is 0.609. The number of nitrogens with one attached hydrogen (secondary N) is 1. The molecule has 1 aromatic rings. The van der Waals surface area contributed by atoms with Crippen molar-refractivity contribution in [3.63, 3.8) is 0 Å². The lowest BCUT2D eigenvalue weighted by Crippen LogP contribution is -2.51. The van der Waals surface area contributed by atoms with Gasteiger partial charge in [0, 0.05) is 18.7 Å². The second kappa shape index (κ2) is 7.86. The molecule has 9 nitrogen and oxygen atoms in total. The molecule has 1 N–H and O–H groups in total. The molecule has 1 saturated carbocycles. The molecule has 172 valence electrons. The molecule has 9 heteroatoms. The summed E-state index contributed by atoms with van der Waals surface area (Å²) < 4.78 is 0. The summed E-state index contributed by atoms with van der Waals surface area (Å²) in [4.78, 5) is 52.0. The van der Waals surface area contributed by atoms with E-state index in [4.69, 9.17) is 0 Å². The topological polar surface area (TPSA) is 113 Å². The Balaban J connectivity index is 1.46. The number of non-ortho nitro benzene ring substituents is 1. The number of carbonyl (C=O) groups is 3. The van der Waals surface area contributed by atoms with Crippen molar-refractivity contribution >= 4 is 29.2 Å². The molecular weight excluding hydrogens is 412 g/mol. The van der Waals surface area contributed by atoms with Gasteiger partial charge in [-0.3, -0.25) is 24.6 Å². The van der Waals surface area contributed by atoms with Gasteiger partial charge in [0.25, 0.3) is 11.6 Å². The van der Waals surface area contributed by atoms with Crippen molar-refractivity contribution in [2.24, 2.45) is 11.3 Å². The first kappa shape index (κ1) is 22.2. The van der Waals surface area contributed by atoms with Gasteiger partial charge in [0.15, 0.2) is 0 Å². The monoisotopic (exact) mass is 442 g/mol. The lowest BCUT2D eigenvalue weighted by molar-refractivity contribution is -0.384. The third kappa shape index (κ3) is 3.63. The summed E-state index contributed by atoms with van der Waals surface area (Å²) in [6.45, 7) is 6.67. The number of imide groups is 1. The molecule has 2 fully saturated rings. The predicted octanol–water partition coefficient (Wildman–Crippen LogP) is 3.40. The molecule has 0 unspecified atom stereocenters. The Bertz CT molecular complexity index is 981. The van der Waals surface area contributed by atoms with Crippen molar-refractivity contribution in [1.29, 1.82) is 0 Å². The van der Waals surface area contributed by atoms with Gasteiger partial charge < -0.3 is 10.2 Å². The van der Waals surface area contributed by atoms with E-state index in [9.17, 15) is 24.5 Å². The second-order valence-corrected chi connectivity index (χ2v) is 9.89. The molecule has 2 aliphatic heterocycles. The van der Waals surface area contributed by atoms with Crippen LogP contribution in [-0.4, -0.2) is 46.3 Å². The molecule has 1 aliphatic carbocycles. The number of hydrogen-bond donors (Lipinski definition) is 1. The Kier molecular flexibility index (Phi) is 5.46. The Hall–Kier alpha value is -2.97. The predicted molar refractivity (Wildman–Crippen MR) is 118 cm³/mol. The number of urea groups is 1. The Morgan fingerprint density at radius 1 is 1.28 bits per heavy atom. The summed E-state index contributed by atoms with van der Waals surface area (Å²) in [5, 5.41) is 14.0. The maximum Gasteiger partial charge on any atom is 0.325 e. The molecule has 0 bridgehead atoms. The Labute approximate surface area is 187 Å². The summed E-state index contributed by atoms with van der Waals surface area (Å²) in [6, 6.07) is 3.92. The van der Waals surface area contributed by atoms with Gasteiger partial charge in [-0.05, 0) is 49.0 Å². The number of benzene rings is 1. The zero-order chi connectivity index (χ0) is 23.3. The van der Waals surface area contributed by atoms with Gasteiger partial charge in [-0.15, -0.1) is 0 Å². The lowest BCUT2D eigenvalue weighted by Gasteiger charge is -2.42. The van der Waals surface area contributed by atoms with Gasteiger partial charge in [0.2, 0.25) is 5.91 Å². The molecule has 0 radical (unpaired) electrons. The van der Waals surface area contributed by atoms with E-state index in [0.717, 1.165) is 29.7 Å². The number of nitrogens with zero attached hydrogens (tertiary/aromatic N) is 3. The van der Waals surface area contributed by atoms with Gasteiger partial charge in [0.05, 0.1) is 10.6 Å². The van der Waals surface area contributed by atoms with Gasteiger partial charge in [-0.25, -0.2) is 4.79 Å². The third-order valence-electron chi connectivity index (χ3n) is 7.87. The average Bonchev–Trinajstić information content (AvgIpc) is 3.28. The smallest absolute Gasteiger partial charge is 0.323 e. The normalized spacial score (nSPS) is 25.3. The molecule has 3 aliphatic rings. The SMILES string of the molecule is CCC(C)(C)C1CCC2(CC1)NC(=O)N(CC(=O)N1CCc3ccc([N+](=O)[O-])cc31)C2=O. The van der Waals surface area contributed by atoms with Gasteiger partial charge in [-0.2, -0.15) is 0 Å². The minimum atomic E-state index is -0.917. The highest BCUT2D eigenvalue weighted by atomic mass is 16.6. The molecule has 2 heterocycles. The quantitative estimate of drug-likeness (QED) is 0.427. The molecule has 0 aromatic heterocycles. The lowest BCUT2D eigenvalue weighted by atomic mass is 9.65. The maximum absolute atomic E-state index is 13.2. The van der Waals surface area contributed by atoms with Crippen molar-refractivity contribution in [3.8, 4) is 0 Å². The van der Waals surface area contributed by atoms with E-state index in [1.807, 2.05) is 0 Å². The number of fused-ring (bicyclic) bond motifs is 1. The first-order valence-electron chi connectivity index (χ1n) is 11.3. The van der Waals surface area contributed by atoms with Crippen LogP contribution in [0.3, 0.4) is 0 Å². The van der Waals surface area contributed by atoms with Crippen LogP contribution in [-0.2, 0) is 16.0 Å². The summed E-state index contributed by atoms with van der Waals surface area (Å²) in [5.74, 6) is -0.247. The second-order valence-electron chi connectivity index (χ2n) is 9.89. The van der Waals surface area contributed by atoms with Crippen LogP contribution in [0.1, 0.15) is 58.4 Å². The van der Waals surface area contributed by atoms with Crippen LogP contribution in [0.25, 0.3) is 0 Å². The van der Waals surface area contributed by atoms with Crippen molar-refractivity contribution in [3.05, 3.63) is 33.9 Å². The number of rotatable bonds is 5. The van der Waals surface area contributed by atoms with E-state index >= 15 is 0 Å². The number of carbonyl (C=O) groups excluding carboxylic acids is 3. The largest absolute Gasteiger partial charge is 0.325 e. The van der Waals surface area contributed by atoms with Crippen LogP contribution >= 0.6 is 0 Å². The number of anilines is 1. The highest BCUT2D eigenvalue weighted by molar-refractivity contribution is 6.10. The van der Waals surface area contributed by atoms with Gasteiger partial charge in [0.1, 0.15) is 12.1 Å². The van der Waals surface area contributed by atoms with Gasteiger partial charge >= 0.3 is 6.03 Å². The zero-order valence-corrected chi connectivity index (χ0v) is 18.8. The van der Waals surface area contributed by atoms with Crippen LogP contribution in [0.15, 0.2) is 18.2 Å². The van der Waals surface area contributed by atoms with E-state index in [2.05, 4.69) is 26.1 Å². The highest BCUT2D eigenvalue weighted by Gasteiger charge is 2.54. The average molecular weight is 443 g/mol. The first-order chi connectivity index (χ1) is 15.1. The number of nitro benzene ring substituents is 1. The molecule has 1 spiro atoms. The minimum Gasteiger partial charge on any atom is -0.323 e.